The molecule has 7 heteroatoms. The zero-order chi connectivity index (χ0) is 22.5. The lowest BCUT2D eigenvalue weighted by molar-refractivity contribution is 0.0940. The van der Waals surface area contributed by atoms with Crippen LogP contribution in [0.4, 0.5) is 0 Å². The highest BCUT2D eigenvalue weighted by Crippen LogP contribution is 2.22. The minimum atomic E-state index is -0.689. The second kappa shape index (κ2) is 9.49. The van der Waals surface area contributed by atoms with Crippen molar-refractivity contribution >= 4 is 17.5 Å². The molecule has 0 aliphatic heterocycles. The Bertz CT molecular complexity index is 1310. The molecule has 1 amide bonds. The van der Waals surface area contributed by atoms with Crippen molar-refractivity contribution < 1.29 is 4.79 Å². The number of aromatic nitrogens is 2. The van der Waals surface area contributed by atoms with Crippen LogP contribution in [-0.4, -0.2) is 15.5 Å². The van der Waals surface area contributed by atoms with Gasteiger partial charge in [0.25, 0.3) is 11.5 Å². The Labute approximate surface area is 189 Å². The van der Waals surface area contributed by atoms with Gasteiger partial charge in [0, 0.05) is 11.2 Å². The van der Waals surface area contributed by atoms with E-state index in [4.69, 9.17) is 11.6 Å². The van der Waals surface area contributed by atoms with Crippen molar-refractivity contribution in [2.24, 2.45) is 0 Å². The number of hydrogen-bond donors (Lipinski definition) is 2. The molecule has 4 rings (SSSR count). The van der Waals surface area contributed by atoms with E-state index in [9.17, 15) is 14.4 Å². The lowest BCUT2D eigenvalue weighted by Crippen LogP contribution is -2.41. The van der Waals surface area contributed by atoms with Gasteiger partial charge in [-0.1, -0.05) is 90.5 Å². The number of nitrogens with zero attached hydrogens (tertiary/aromatic N) is 1. The van der Waals surface area contributed by atoms with E-state index in [1.807, 2.05) is 60.7 Å². The Morgan fingerprint density at radius 2 is 1.44 bits per heavy atom. The zero-order valence-electron chi connectivity index (χ0n) is 17.0. The number of nitrogens with one attached hydrogen (secondary N) is 2. The summed E-state index contributed by atoms with van der Waals surface area (Å²) < 4.78 is 0.968. The van der Waals surface area contributed by atoms with Gasteiger partial charge in [-0.05, 0) is 22.8 Å². The van der Waals surface area contributed by atoms with Gasteiger partial charge < -0.3 is 10.3 Å². The third kappa shape index (κ3) is 4.55. The number of hydrogen-bond acceptors (Lipinski definition) is 3. The first-order chi connectivity index (χ1) is 15.5. The first-order valence-electron chi connectivity index (χ1n) is 10.0. The van der Waals surface area contributed by atoms with Gasteiger partial charge >= 0.3 is 5.69 Å². The summed E-state index contributed by atoms with van der Waals surface area (Å²) in [5, 5.41) is 3.36. The molecule has 0 unspecified atom stereocenters. The van der Waals surface area contributed by atoms with Gasteiger partial charge in [0.2, 0.25) is 0 Å². The predicted octanol–water partition coefficient (Wildman–Crippen LogP) is 3.76. The van der Waals surface area contributed by atoms with Crippen molar-refractivity contribution in [3.63, 3.8) is 0 Å². The van der Waals surface area contributed by atoms with Crippen LogP contribution in [0.2, 0.25) is 5.02 Å². The van der Waals surface area contributed by atoms with Gasteiger partial charge in [-0.3, -0.25) is 14.2 Å². The molecule has 0 spiro atoms. The average Bonchev–Trinajstić information content (AvgIpc) is 2.82. The maximum absolute atomic E-state index is 13.1. The molecule has 0 aliphatic carbocycles. The molecule has 3 aromatic carbocycles. The molecule has 0 radical (unpaired) electrons. The van der Waals surface area contributed by atoms with Gasteiger partial charge in [0.05, 0.1) is 12.6 Å². The van der Waals surface area contributed by atoms with Crippen molar-refractivity contribution in [2.45, 2.75) is 12.6 Å². The van der Waals surface area contributed by atoms with Gasteiger partial charge in [-0.25, -0.2) is 4.79 Å². The van der Waals surface area contributed by atoms with Gasteiger partial charge in [-0.15, -0.1) is 0 Å². The number of H-pyrrole nitrogens is 1. The number of carbonyl (C=O) groups excluding carboxylic acids is 1. The molecule has 0 aliphatic rings. The largest absolute Gasteiger partial charge is 0.341 e. The topological polar surface area (TPSA) is 84.0 Å². The first-order valence-corrected chi connectivity index (χ1v) is 10.4. The Morgan fingerprint density at radius 1 is 0.875 bits per heavy atom. The molecule has 1 heterocycles. The minimum Gasteiger partial charge on any atom is -0.341 e. The molecular formula is C25H20ClN3O3. The van der Waals surface area contributed by atoms with Gasteiger partial charge in [0.1, 0.15) is 5.56 Å². The van der Waals surface area contributed by atoms with Crippen LogP contribution in [0.5, 0.6) is 0 Å². The molecule has 6 nitrogen and oxygen atoms in total. The van der Waals surface area contributed by atoms with Crippen LogP contribution < -0.4 is 16.6 Å². The highest BCUT2D eigenvalue weighted by atomic mass is 35.5. The lowest BCUT2D eigenvalue weighted by Gasteiger charge is -2.20. The summed E-state index contributed by atoms with van der Waals surface area (Å²) in [6.45, 7) is -0.0459. The first kappa shape index (κ1) is 21.3. The normalized spacial score (nSPS) is 10.8. The molecular weight excluding hydrogens is 426 g/mol. The molecule has 0 bridgehead atoms. The molecule has 1 aromatic heterocycles. The number of carbonyl (C=O) groups is 1. The van der Waals surface area contributed by atoms with Crippen molar-refractivity contribution in [3.8, 4) is 0 Å². The van der Waals surface area contributed by atoms with Gasteiger partial charge in [0.15, 0.2) is 0 Å². The number of halogens is 1. The summed E-state index contributed by atoms with van der Waals surface area (Å²) in [5.74, 6) is -0.586. The molecule has 32 heavy (non-hydrogen) atoms. The van der Waals surface area contributed by atoms with E-state index in [-0.39, 0.29) is 12.1 Å². The average molecular weight is 446 g/mol. The van der Waals surface area contributed by atoms with Crippen LogP contribution in [0.15, 0.2) is 101 Å². The van der Waals surface area contributed by atoms with E-state index < -0.39 is 23.2 Å². The van der Waals surface area contributed by atoms with Crippen LogP contribution in [0.1, 0.15) is 33.1 Å². The fraction of sp³-hybridized carbons (Fsp3) is 0.0800. The maximum Gasteiger partial charge on any atom is 0.328 e. The smallest absolute Gasteiger partial charge is 0.328 e. The number of aromatic amines is 1. The van der Waals surface area contributed by atoms with E-state index in [0.717, 1.165) is 21.9 Å². The Hall–Kier alpha value is -3.90. The lowest BCUT2D eigenvalue weighted by atomic mass is 9.98. The van der Waals surface area contributed by atoms with Crippen molar-refractivity contribution in [3.05, 3.63) is 139 Å². The van der Waals surface area contributed by atoms with Crippen molar-refractivity contribution in [1.82, 2.24) is 14.9 Å². The quantitative estimate of drug-likeness (QED) is 0.474. The van der Waals surface area contributed by atoms with E-state index in [1.54, 1.807) is 24.3 Å². The van der Waals surface area contributed by atoms with Gasteiger partial charge in [-0.2, -0.15) is 0 Å². The Kier molecular flexibility index (Phi) is 6.33. The molecule has 0 saturated heterocycles. The van der Waals surface area contributed by atoms with Crippen LogP contribution in [-0.2, 0) is 6.54 Å². The van der Waals surface area contributed by atoms with E-state index in [2.05, 4.69) is 10.3 Å². The summed E-state index contributed by atoms with van der Waals surface area (Å²) in [5.41, 5.74) is 0.875. The van der Waals surface area contributed by atoms with Crippen LogP contribution in [0, 0.1) is 0 Å². The van der Waals surface area contributed by atoms with E-state index >= 15 is 0 Å². The highest BCUT2D eigenvalue weighted by Gasteiger charge is 2.21. The standard InChI is InChI=1S/C25H20ClN3O3/c26-21-14-8-7-13-19(21)16-29-24(31)20(15-27-25(29)32)23(30)28-22(17-9-3-1-4-10-17)18-11-5-2-6-12-18/h1-15,22H,16H2,(H,27,32)(H,28,30). The number of benzene rings is 3. The van der Waals surface area contributed by atoms with E-state index in [0.29, 0.717) is 10.6 Å². The van der Waals surface area contributed by atoms with Crippen LogP contribution in [0.25, 0.3) is 0 Å². The summed E-state index contributed by atoms with van der Waals surface area (Å²) in [7, 11) is 0. The molecule has 2 N–H and O–H groups in total. The molecule has 0 fully saturated rings. The summed E-state index contributed by atoms with van der Waals surface area (Å²) in [4.78, 5) is 41.0. The summed E-state index contributed by atoms with van der Waals surface area (Å²) in [6, 6.07) is 25.4. The highest BCUT2D eigenvalue weighted by molar-refractivity contribution is 6.31. The fourth-order valence-electron chi connectivity index (χ4n) is 3.47. The SMILES string of the molecule is O=C(NC(c1ccccc1)c1ccccc1)c1c[nH]c(=O)n(Cc2ccccc2Cl)c1=O. The number of rotatable bonds is 6. The predicted molar refractivity (Wildman–Crippen MR) is 124 cm³/mol. The Morgan fingerprint density at radius 3 is 2.03 bits per heavy atom. The van der Waals surface area contributed by atoms with Crippen molar-refractivity contribution in [1.29, 1.82) is 0 Å². The minimum absolute atomic E-state index is 0.0459. The number of amides is 1. The van der Waals surface area contributed by atoms with Crippen LogP contribution >= 0.6 is 11.6 Å². The molecule has 0 saturated carbocycles. The Balaban J connectivity index is 1.69. The zero-order valence-corrected chi connectivity index (χ0v) is 17.8. The molecule has 0 atom stereocenters. The summed E-state index contributed by atoms with van der Waals surface area (Å²) >= 11 is 6.18. The summed E-state index contributed by atoms with van der Waals surface area (Å²) in [6.07, 6.45) is 1.15. The third-order valence-electron chi connectivity index (χ3n) is 5.13. The maximum atomic E-state index is 13.1. The third-order valence-corrected chi connectivity index (χ3v) is 5.50. The van der Waals surface area contributed by atoms with Crippen molar-refractivity contribution in [2.75, 3.05) is 0 Å². The molecule has 4 aromatic rings. The van der Waals surface area contributed by atoms with E-state index in [1.165, 1.54) is 0 Å². The second-order valence-corrected chi connectivity index (χ2v) is 7.63. The second-order valence-electron chi connectivity index (χ2n) is 7.22. The fourth-order valence-corrected chi connectivity index (χ4v) is 3.67. The van der Waals surface area contributed by atoms with Crippen LogP contribution in [0.3, 0.4) is 0 Å². The molecule has 160 valence electrons. The monoisotopic (exact) mass is 445 g/mol.